The first kappa shape index (κ1) is 26.8. The molecule has 0 amide bonds. The standard InChI is InChI=1S/C24H37N.C4H4O4/c1-18(2)19-9-11-21-20(17-19)10-12-22-23(3,13-6-5-7-16-25)14-8-15-24(21,22)4;5-3(6)1-2-4(7)8/h6,9,11,13,17-18,22H,5,7-8,10,12,14-16,25H2,1-4H3;1-2H,(H,5,6)(H,7,8)/b;2-1+/t22?,23-,24+;/m0./s1. The predicted molar refractivity (Wildman–Crippen MR) is 133 cm³/mol. The molecule has 1 aromatic rings. The number of rotatable bonds is 7. The van der Waals surface area contributed by atoms with Crippen LogP contribution in [0.2, 0.25) is 0 Å². The summed E-state index contributed by atoms with van der Waals surface area (Å²) in [6.07, 6.45) is 14.9. The summed E-state index contributed by atoms with van der Waals surface area (Å²) in [6, 6.07) is 7.37. The molecule has 3 rings (SSSR count). The van der Waals surface area contributed by atoms with Gasteiger partial charge in [-0.25, -0.2) is 9.59 Å². The Balaban J connectivity index is 0.000000414. The highest BCUT2D eigenvalue weighted by Gasteiger charge is 2.50. The lowest BCUT2D eigenvalue weighted by Gasteiger charge is -2.54. The second-order valence-corrected chi connectivity index (χ2v) is 10.3. The van der Waals surface area contributed by atoms with Crippen LogP contribution in [0.15, 0.2) is 42.5 Å². The van der Waals surface area contributed by atoms with Crippen molar-refractivity contribution >= 4 is 11.9 Å². The van der Waals surface area contributed by atoms with Gasteiger partial charge in [0.25, 0.3) is 0 Å². The Morgan fingerprint density at radius 2 is 1.82 bits per heavy atom. The van der Waals surface area contributed by atoms with Gasteiger partial charge in [-0.05, 0) is 84.4 Å². The van der Waals surface area contributed by atoms with Crippen molar-refractivity contribution in [3.8, 4) is 0 Å². The van der Waals surface area contributed by atoms with E-state index in [2.05, 4.69) is 58.0 Å². The smallest absolute Gasteiger partial charge is 0.328 e. The molecule has 0 aliphatic heterocycles. The molecule has 1 fully saturated rings. The predicted octanol–water partition coefficient (Wildman–Crippen LogP) is 5.83. The maximum Gasteiger partial charge on any atom is 0.328 e. The van der Waals surface area contributed by atoms with Crippen LogP contribution in [-0.4, -0.2) is 28.7 Å². The molecule has 0 heterocycles. The van der Waals surface area contributed by atoms with E-state index in [1.807, 2.05) is 0 Å². The quantitative estimate of drug-likeness (QED) is 0.273. The minimum absolute atomic E-state index is 0.342. The van der Waals surface area contributed by atoms with Crippen molar-refractivity contribution in [1.29, 1.82) is 0 Å². The van der Waals surface area contributed by atoms with Crippen LogP contribution in [0, 0.1) is 11.3 Å². The molecule has 0 saturated heterocycles. The number of nitrogens with two attached hydrogens (primary N) is 1. The fraction of sp³-hybridized carbons (Fsp3) is 0.571. The third-order valence-corrected chi connectivity index (χ3v) is 7.53. The van der Waals surface area contributed by atoms with Crippen molar-refractivity contribution in [2.75, 3.05) is 6.54 Å². The third-order valence-electron chi connectivity index (χ3n) is 7.53. The summed E-state index contributed by atoms with van der Waals surface area (Å²) in [5, 5.41) is 15.6. The van der Waals surface area contributed by atoms with Gasteiger partial charge in [0.2, 0.25) is 0 Å². The number of hydrogen-bond acceptors (Lipinski definition) is 3. The number of carboxylic acids is 2. The monoisotopic (exact) mass is 455 g/mol. The number of carbonyl (C=O) groups is 2. The van der Waals surface area contributed by atoms with Gasteiger partial charge in [0.15, 0.2) is 0 Å². The molecule has 5 nitrogen and oxygen atoms in total. The number of aryl methyl sites for hydroxylation is 1. The highest BCUT2D eigenvalue weighted by molar-refractivity contribution is 5.89. The number of aliphatic carboxylic acids is 2. The van der Waals surface area contributed by atoms with Gasteiger partial charge in [-0.1, -0.05) is 64.5 Å². The first-order chi connectivity index (χ1) is 15.5. The molecular formula is C28H41NO4. The summed E-state index contributed by atoms with van der Waals surface area (Å²) in [6.45, 7) is 10.5. The molecule has 3 atom stereocenters. The van der Waals surface area contributed by atoms with Crippen LogP contribution < -0.4 is 5.73 Å². The van der Waals surface area contributed by atoms with Crippen LogP contribution in [-0.2, 0) is 21.4 Å². The number of unbranched alkanes of at least 4 members (excludes halogenated alkanes) is 1. The lowest BCUT2D eigenvalue weighted by atomic mass is 9.49. The Morgan fingerprint density at radius 1 is 1.15 bits per heavy atom. The second kappa shape index (κ2) is 11.6. The van der Waals surface area contributed by atoms with Crippen LogP contribution in [0.25, 0.3) is 0 Å². The Hall–Kier alpha value is -2.40. The first-order valence-electron chi connectivity index (χ1n) is 12.2. The molecule has 0 aromatic heterocycles. The normalized spacial score (nSPS) is 26.5. The fourth-order valence-electron chi connectivity index (χ4n) is 5.85. The molecule has 1 saturated carbocycles. The Morgan fingerprint density at radius 3 is 2.39 bits per heavy atom. The first-order valence-corrected chi connectivity index (χ1v) is 12.2. The number of hydrogen-bond donors (Lipinski definition) is 3. The number of benzene rings is 1. The van der Waals surface area contributed by atoms with Crippen molar-refractivity contribution in [3.63, 3.8) is 0 Å². The summed E-state index contributed by atoms with van der Waals surface area (Å²) >= 11 is 0. The average molecular weight is 456 g/mol. The van der Waals surface area contributed by atoms with Gasteiger partial charge in [-0.15, -0.1) is 0 Å². The van der Waals surface area contributed by atoms with E-state index in [9.17, 15) is 9.59 Å². The molecule has 1 aromatic carbocycles. The lowest BCUT2D eigenvalue weighted by molar-refractivity contribution is -0.134. The van der Waals surface area contributed by atoms with Crippen molar-refractivity contribution in [2.45, 2.75) is 84.0 Å². The summed E-state index contributed by atoms with van der Waals surface area (Å²) < 4.78 is 0. The van der Waals surface area contributed by atoms with E-state index in [1.165, 1.54) is 37.7 Å². The zero-order chi connectivity index (χ0) is 24.6. The highest BCUT2D eigenvalue weighted by atomic mass is 16.4. The molecule has 1 unspecified atom stereocenters. The molecule has 0 spiro atoms. The second-order valence-electron chi connectivity index (χ2n) is 10.3. The van der Waals surface area contributed by atoms with E-state index >= 15 is 0 Å². The minimum Gasteiger partial charge on any atom is -0.478 e. The van der Waals surface area contributed by atoms with Crippen molar-refractivity contribution < 1.29 is 19.8 Å². The number of fused-ring (bicyclic) bond motifs is 3. The van der Waals surface area contributed by atoms with Crippen LogP contribution in [0.5, 0.6) is 0 Å². The highest BCUT2D eigenvalue weighted by Crippen LogP contribution is 2.57. The van der Waals surface area contributed by atoms with E-state index in [1.54, 1.807) is 11.1 Å². The van der Waals surface area contributed by atoms with E-state index < -0.39 is 11.9 Å². The summed E-state index contributed by atoms with van der Waals surface area (Å²) in [4.78, 5) is 19.1. The van der Waals surface area contributed by atoms with Gasteiger partial charge in [0, 0.05) is 12.2 Å². The molecule has 4 N–H and O–H groups in total. The third kappa shape index (κ3) is 6.80. The summed E-state index contributed by atoms with van der Waals surface area (Å²) in [5.74, 6) is -1.13. The molecule has 5 heteroatoms. The van der Waals surface area contributed by atoms with Gasteiger partial charge in [-0.3, -0.25) is 0 Å². The zero-order valence-corrected chi connectivity index (χ0v) is 20.6. The van der Waals surface area contributed by atoms with E-state index in [-0.39, 0.29) is 0 Å². The van der Waals surface area contributed by atoms with Crippen molar-refractivity contribution in [1.82, 2.24) is 0 Å². The Kier molecular flexibility index (Phi) is 9.47. The topological polar surface area (TPSA) is 101 Å². The Labute approximate surface area is 198 Å². The SMILES string of the molecule is CC(C)c1ccc2c(c1)CCC1[C@@](C)(C=CCCCN)CCC[C@]21C.O=C(O)/C=C/C(=O)O. The molecule has 182 valence electrons. The van der Waals surface area contributed by atoms with Gasteiger partial charge >= 0.3 is 11.9 Å². The van der Waals surface area contributed by atoms with Gasteiger partial charge in [-0.2, -0.15) is 0 Å². The molecule has 2 aliphatic rings. The summed E-state index contributed by atoms with van der Waals surface area (Å²) in [5.41, 5.74) is 11.1. The maximum absolute atomic E-state index is 9.55. The van der Waals surface area contributed by atoms with Gasteiger partial charge in [0.05, 0.1) is 0 Å². The molecule has 0 bridgehead atoms. The van der Waals surface area contributed by atoms with Crippen LogP contribution in [0.4, 0.5) is 0 Å². The van der Waals surface area contributed by atoms with Gasteiger partial charge in [0.1, 0.15) is 0 Å². The van der Waals surface area contributed by atoms with Gasteiger partial charge < -0.3 is 15.9 Å². The van der Waals surface area contributed by atoms with Crippen LogP contribution in [0.3, 0.4) is 0 Å². The zero-order valence-electron chi connectivity index (χ0n) is 20.6. The lowest BCUT2D eigenvalue weighted by Crippen LogP contribution is -2.48. The minimum atomic E-state index is -1.26. The van der Waals surface area contributed by atoms with Crippen molar-refractivity contribution in [2.24, 2.45) is 17.1 Å². The molecular weight excluding hydrogens is 414 g/mol. The maximum atomic E-state index is 9.55. The average Bonchev–Trinajstić information content (AvgIpc) is 2.75. The van der Waals surface area contributed by atoms with Crippen LogP contribution in [0.1, 0.15) is 88.8 Å². The number of allylic oxidation sites excluding steroid dienone is 2. The Bertz CT molecular complexity index is 872. The number of carboxylic acid groups (broad SMARTS) is 2. The van der Waals surface area contributed by atoms with Crippen LogP contribution >= 0.6 is 0 Å². The molecule has 33 heavy (non-hydrogen) atoms. The fourth-order valence-corrected chi connectivity index (χ4v) is 5.85. The molecule has 0 radical (unpaired) electrons. The van der Waals surface area contributed by atoms with E-state index in [0.717, 1.165) is 25.3 Å². The summed E-state index contributed by atoms with van der Waals surface area (Å²) in [7, 11) is 0. The van der Waals surface area contributed by atoms with E-state index in [4.69, 9.17) is 15.9 Å². The van der Waals surface area contributed by atoms with Crippen molar-refractivity contribution in [3.05, 3.63) is 59.2 Å². The van der Waals surface area contributed by atoms with E-state index in [0.29, 0.717) is 28.9 Å². The largest absolute Gasteiger partial charge is 0.478 e. The molecule has 2 aliphatic carbocycles.